The molecule has 10 nitrogen and oxygen atoms in total. The van der Waals surface area contributed by atoms with Crippen LogP contribution in [-0.2, 0) is 42.2 Å². The predicted molar refractivity (Wildman–Crippen MR) is 150 cm³/mol. The predicted octanol–water partition coefficient (Wildman–Crippen LogP) is 3.08. The van der Waals surface area contributed by atoms with Crippen LogP contribution in [0.3, 0.4) is 0 Å². The Morgan fingerprint density at radius 2 is 1.66 bits per heavy atom. The summed E-state index contributed by atoms with van der Waals surface area (Å²) in [6, 6.07) is 19.8. The maximum atomic E-state index is 13.2. The SMILES string of the molecule is Cc1ccc(S(=O)(=O)N2CCC[C@H]2C(=O)N[C@@H](Cc2ccc(OCC(=O)OCc3ccccc3)cc2)C(=O)O)cc1. The third kappa shape index (κ3) is 7.92. The lowest BCUT2D eigenvalue weighted by Crippen LogP contribution is -2.51. The molecule has 0 radical (unpaired) electrons. The van der Waals surface area contributed by atoms with Crippen LogP contribution in [0, 0.1) is 6.92 Å². The van der Waals surface area contributed by atoms with Gasteiger partial charge in [0.15, 0.2) is 6.61 Å². The fourth-order valence-corrected chi connectivity index (χ4v) is 6.14. The minimum atomic E-state index is -3.92. The van der Waals surface area contributed by atoms with Crippen molar-refractivity contribution < 1.29 is 37.4 Å². The topological polar surface area (TPSA) is 139 Å². The lowest BCUT2D eigenvalue weighted by molar-refractivity contribution is -0.147. The van der Waals surface area contributed by atoms with Gasteiger partial charge in [0.2, 0.25) is 15.9 Å². The highest BCUT2D eigenvalue weighted by Crippen LogP contribution is 2.26. The van der Waals surface area contributed by atoms with Gasteiger partial charge in [0.1, 0.15) is 24.4 Å². The molecule has 3 aromatic rings. The van der Waals surface area contributed by atoms with Gasteiger partial charge in [-0.2, -0.15) is 4.31 Å². The highest BCUT2D eigenvalue weighted by atomic mass is 32.2. The maximum absolute atomic E-state index is 13.2. The molecule has 2 atom stereocenters. The smallest absolute Gasteiger partial charge is 0.344 e. The number of nitrogens with zero attached hydrogens (tertiary/aromatic N) is 1. The summed E-state index contributed by atoms with van der Waals surface area (Å²) in [4.78, 5) is 37.1. The van der Waals surface area contributed by atoms with E-state index in [4.69, 9.17) is 9.47 Å². The summed E-state index contributed by atoms with van der Waals surface area (Å²) in [6.45, 7) is 1.87. The zero-order chi connectivity index (χ0) is 29.4. The number of carbonyl (C=O) groups is 3. The molecule has 41 heavy (non-hydrogen) atoms. The largest absolute Gasteiger partial charge is 0.482 e. The number of hydrogen-bond acceptors (Lipinski definition) is 7. The number of sulfonamides is 1. The highest BCUT2D eigenvalue weighted by Gasteiger charge is 2.40. The van der Waals surface area contributed by atoms with Crippen molar-refractivity contribution in [2.24, 2.45) is 0 Å². The molecular weight excluding hydrogens is 548 g/mol. The lowest BCUT2D eigenvalue weighted by atomic mass is 10.1. The van der Waals surface area contributed by atoms with E-state index in [2.05, 4.69) is 5.32 Å². The number of benzene rings is 3. The number of rotatable bonds is 12. The van der Waals surface area contributed by atoms with E-state index in [1.165, 1.54) is 12.1 Å². The Morgan fingerprint density at radius 3 is 2.32 bits per heavy atom. The molecule has 4 rings (SSSR count). The van der Waals surface area contributed by atoms with Crippen LogP contribution in [0.1, 0.15) is 29.5 Å². The number of aryl methyl sites for hydroxylation is 1. The van der Waals surface area contributed by atoms with Gasteiger partial charge in [-0.15, -0.1) is 0 Å². The first-order valence-corrected chi connectivity index (χ1v) is 14.6. The van der Waals surface area contributed by atoms with Gasteiger partial charge in [-0.25, -0.2) is 18.0 Å². The summed E-state index contributed by atoms with van der Waals surface area (Å²) in [6.07, 6.45) is 0.753. The number of carbonyl (C=O) groups excluding carboxylic acids is 2. The molecule has 1 aliphatic rings. The molecule has 0 spiro atoms. The monoisotopic (exact) mass is 580 g/mol. The van der Waals surface area contributed by atoms with E-state index in [-0.39, 0.29) is 31.1 Å². The van der Waals surface area contributed by atoms with E-state index in [9.17, 15) is 27.9 Å². The first-order chi connectivity index (χ1) is 19.6. The molecule has 216 valence electrons. The van der Waals surface area contributed by atoms with Crippen LogP contribution in [0.25, 0.3) is 0 Å². The molecule has 1 aliphatic heterocycles. The van der Waals surface area contributed by atoms with E-state index in [0.717, 1.165) is 15.4 Å². The second kappa shape index (κ2) is 13.4. The molecule has 2 N–H and O–H groups in total. The van der Waals surface area contributed by atoms with Crippen LogP contribution in [0.5, 0.6) is 5.75 Å². The molecule has 1 amide bonds. The molecule has 0 saturated carbocycles. The summed E-state index contributed by atoms with van der Waals surface area (Å²) >= 11 is 0. The molecule has 11 heteroatoms. The van der Waals surface area contributed by atoms with Crippen molar-refractivity contribution in [3.8, 4) is 5.75 Å². The van der Waals surface area contributed by atoms with Gasteiger partial charge in [-0.05, 0) is 55.2 Å². The van der Waals surface area contributed by atoms with Crippen molar-refractivity contribution in [3.05, 3.63) is 95.6 Å². The number of aliphatic carboxylic acids is 1. The fourth-order valence-electron chi connectivity index (χ4n) is 4.48. The van der Waals surface area contributed by atoms with E-state index in [1.807, 2.05) is 37.3 Å². The van der Waals surface area contributed by atoms with E-state index >= 15 is 0 Å². The van der Waals surface area contributed by atoms with Gasteiger partial charge in [-0.1, -0.05) is 60.2 Å². The van der Waals surface area contributed by atoms with E-state index in [0.29, 0.717) is 24.2 Å². The standard InChI is InChI=1S/C30H32N2O8S/c1-21-9-15-25(16-10-21)41(37,38)32-17-5-8-27(32)29(34)31-26(30(35)36)18-22-11-13-24(14-12-22)39-20-28(33)40-19-23-6-3-2-4-7-23/h2-4,6-7,9-16,26-27H,5,8,17-20H2,1H3,(H,31,34)(H,35,36)/t26-,27-/m0/s1. The van der Waals surface area contributed by atoms with Gasteiger partial charge in [-0.3, -0.25) is 4.79 Å². The molecule has 0 aliphatic carbocycles. The van der Waals surface area contributed by atoms with Gasteiger partial charge in [0.25, 0.3) is 0 Å². The Hall–Kier alpha value is -4.22. The third-order valence-corrected chi connectivity index (χ3v) is 8.63. The minimum absolute atomic E-state index is 0.0299. The third-order valence-electron chi connectivity index (χ3n) is 6.71. The molecule has 3 aromatic carbocycles. The van der Waals surface area contributed by atoms with Crippen molar-refractivity contribution in [3.63, 3.8) is 0 Å². The number of esters is 1. The van der Waals surface area contributed by atoms with Crippen molar-refractivity contribution in [2.75, 3.05) is 13.2 Å². The van der Waals surface area contributed by atoms with Crippen LogP contribution in [0.2, 0.25) is 0 Å². The van der Waals surface area contributed by atoms with Gasteiger partial charge in [0, 0.05) is 13.0 Å². The molecular formula is C30H32N2O8S. The molecule has 1 fully saturated rings. The van der Waals surface area contributed by atoms with E-state index in [1.54, 1.807) is 36.4 Å². The average Bonchev–Trinajstić information content (AvgIpc) is 3.47. The van der Waals surface area contributed by atoms with Crippen molar-refractivity contribution >= 4 is 27.9 Å². The number of ether oxygens (including phenoxy) is 2. The lowest BCUT2D eigenvalue weighted by Gasteiger charge is -2.25. The van der Waals surface area contributed by atoms with Crippen LogP contribution in [-0.4, -0.2) is 60.9 Å². The first-order valence-electron chi connectivity index (χ1n) is 13.2. The van der Waals surface area contributed by atoms with E-state index < -0.39 is 40.0 Å². The Bertz CT molecular complexity index is 1460. The Labute approximate surface area is 238 Å². The Balaban J connectivity index is 1.32. The second-order valence-electron chi connectivity index (χ2n) is 9.77. The normalized spacial score (nSPS) is 16.1. The second-order valence-corrected chi connectivity index (χ2v) is 11.7. The molecule has 1 heterocycles. The summed E-state index contributed by atoms with van der Waals surface area (Å²) in [7, 11) is -3.92. The molecule has 0 bridgehead atoms. The number of carboxylic acid groups (broad SMARTS) is 1. The fraction of sp³-hybridized carbons (Fsp3) is 0.300. The Morgan fingerprint density at radius 1 is 0.976 bits per heavy atom. The maximum Gasteiger partial charge on any atom is 0.344 e. The summed E-state index contributed by atoms with van der Waals surface area (Å²) in [5, 5.41) is 12.3. The zero-order valence-electron chi connectivity index (χ0n) is 22.6. The number of nitrogens with one attached hydrogen (secondary N) is 1. The summed E-state index contributed by atoms with van der Waals surface area (Å²) in [5.74, 6) is -2.04. The zero-order valence-corrected chi connectivity index (χ0v) is 23.4. The molecule has 0 unspecified atom stereocenters. The molecule has 1 saturated heterocycles. The minimum Gasteiger partial charge on any atom is -0.482 e. The van der Waals surface area contributed by atoms with Crippen molar-refractivity contribution in [2.45, 2.75) is 49.8 Å². The quantitative estimate of drug-likeness (QED) is 0.312. The van der Waals surface area contributed by atoms with Gasteiger partial charge in [0.05, 0.1) is 4.90 Å². The van der Waals surface area contributed by atoms with Crippen LogP contribution in [0.15, 0.2) is 83.8 Å². The van der Waals surface area contributed by atoms with Crippen LogP contribution in [0.4, 0.5) is 0 Å². The van der Waals surface area contributed by atoms with Crippen molar-refractivity contribution in [1.29, 1.82) is 0 Å². The first kappa shape index (κ1) is 29.8. The molecule has 0 aromatic heterocycles. The number of amides is 1. The Kier molecular flexibility index (Phi) is 9.74. The number of carboxylic acids is 1. The van der Waals surface area contributed by atoms with Crippen molar-refractivity contribution in [1.82, 2.24) is 9.62 Å². The summed E-state index contributed by atoms with van der Waals surface area (Å²) < 4.78 is 38.2. The van der Waals surface area contributed by atoms with Crippen LogP contribution < -0.4 is 10.1 Å². The summed E-state index contributed by atoms with van der Waals surface area (Å²) in [5.41, 5.74) is 2.37. The van der Waals surface area contributed by atoms with Crippen LogP contribution >= 0.6 is 0 Å². The average molecular weight is 581 g/mol. The van der Waals surface area contributed by atoms with Gasteiger partial charge >= 0.3 is 11.9 Å². The highest BCUT2D eigenvalue weighted by molar-refractivity contribution is 7.89. The van der Waals surface area contributed by atoms with Gasteiger partial charge < -0.3 is 19.9 Å². The number of hydrogen-bond donors (Lipinski definition) is 2.